The maximum absolute atomic E-state index is 12.0. The van der Waals surface area contributed by atoms with E-state index in [4.69, 9.17) is 0 Å². The molecule has 0 radical (unpaired) electrons. The van der Waals surface area contributed by atoms with Crippen molar-refractivity contribution in [3.05, 3.63) is 12.2 Å². The highest BCUT2D eigenvalue weighted by molar-refractivity contribution is 5.71. The highest BCUT2D eigenvalue weighted by atomic mass is 16.4. The Balaban J connectivity index is 4.78. The first-order chi connectivity index (χ1) is 20.2. The Hall–Kier alpha value is -1.89. The standard InChI is InChI=1S/C35H65NO6/c1-5-9-10-11-12-13-14-15-16-17-18-19-20-21-22-23-24-25-26-36(27-30(6-2)33(37)38,28-31(7-3)34(39)40)29-32(8-4)35(41)42/h24-25,30-32H,5-23,26-29H2,1-4H3,(H2-,37,38,39,40,41,42)/p+1/b25-24+. The summed E-state index contributed by atoms with van der Waals surface area (Å²) in [6.45, 7) is 8.90. The minimum Gasteiger partial charge on any atom is -0.481 e. The molecule has 3 unspecified atom stereocenters. The lowest BCUT2D eigenvalue weighted by molar-refractivity contribution is -0.929. The third kappa shape index (κ3) is 19.3. The molecule has 0 aromatic carbocycles. The number of allylic oxidation sites excluding steroid dienone is 1. The van der Waals surface area contributed by atoms with Crippen LogP contribution in [0.15, 0.2) is 12.2 Å². The van der Waals surface area contributed by atoms with Crippen LogP contribution in [-0.2, 0) is 14.4 Å². The van der Waals surface area contributed by atoms with E-state index in [1.165, 1.54) is 89.9 Å². The molecule has 0 aromatic rings. The molecule has 0 aliphatic rings. The molecule has 7 heteroatoms. The number of unbranched alkanes of at least 4 members (excludes halogenated alkanes) is 15. The molecule has 0 heterocycles. The van der Waals surface area contributed by atoms with E-state index in [9.17, 15) is 29.7 Å². The molecule has 0 rings (SSSR count). The van der Waals surface area contributed by atoms with Gasteiger partial charge in [-0.2, -0.15) is 0 Å². The summed E-state index contributed by atoms with van der Waals surface area (Å²) in [7, 11) is 0. The summed E-state index contributed by atoms with van der Waals surface area (Å²) in [6.07, 6.45) is 26.3. The normalized spacial score (nSPS) is 15.3. The second kappa shape index (κ2) is 25.6. The van der Waals surface area contributed by atoms with Gasteiger partial charge in [0.15, 0.2) is 0 Å². The third-order valence-electron chi connectivity index (χ3n) is 8.98. The summed E-state index contributed by atoms with van der Waals surface area (Å²) in [5.74, 6) is -4.67. The molecule has 0 saturated carbocycles. The molecular weight excluding hydrogens is 530 g/mol. The van der Waals surface area contributed by atoms with E-state index in [0.717, 1.165) is 12.8 Å². The van der Waals surface area contributed by atoms with E-state index in [1.54, 1.807) is 0 Å². The maximum Gasteiger partial charge on any atom is 0.312 e. The lowest BCUT2D eigenvalue weighted by Crippen LogP contribution is -2.58. The molecule has 0 aliphatic carbocycles. The van der Waals surface area contributed by atoms with Crippen molar-refractivity contribution in [2.45, 2.75) is 150 Å². The first-order valence-corrected chi connectivity index (χ1v) is 17.3. The zero-order chi connectivity index (χ0) is 31.6. The average molecular weight is 597 g/mol. The average Bonchev–Trinajstić information content (AvgIpc) is 2.96. The summed E-state index contributed by atoms with van der Waals surface area (Å²) in [6, 6.07) is 0. The third-order valence-corrected chi connectivity index (χ3v) is 8.98. The number of nitrogens with zero attached hydrogens (tertiary/aromatic N) is 1. The van der Waals surface area contributed by atoms with Gasteiger partial charge in [0.05, 0.1) is 26.2 Å². The van der Waals surface area contributed by atoms with Gasteiger partial charge < -0.3 is 19.8 Å². The molecule has 0 bridgehead atoms. The van der Waals surface area contributed by atoms with Crippen molar-refractivity contribution >= 4 is 17.9 Å². The summed E-state index contributed by atoms with van der Waals surface area (Å²) in [5.41, 5.74) is 0. The van der Waals surface area contributed by atoms with Crippen LogP contribution in [0, 0.1) is 17.8 Å². The molecule has 0 spiro atoms. The number of carbonyl (C=O) groups is 3. The van der Waals surface area contributed by atoms with Crippen molar-refractivity contribution in [3.8, 4) is 0 Å². The summed E-state index contributed by atoms with van der Waals surface area (Å²) < 4.78 is 0.176. The fourth-order valence-electron chi connectivity index (χ4n) is 6.04. The molecular formula is C35H66NO6+. The summed E-state index contributed by atoms with van der Waals surface area (Å²) in [5, 5.41) is 29.4. The van der Waals surface area contributed by atoms with Crippen molar-refractivity contribution in [1.82, 2.24) is 0 Å². The van der Waals surface area contributed by atoms with Crippen molar-refractivity contribution in [2.24, 2.45) is 17.8 Å². The largest absolute Gasteiger partial charge is 0.481 e. The van der Waals surface area contributed by atoms with Gasteiger partial charge in [-0.15, -0.1) is 0 Å². The predicted octanol–water partition coefficient (Wildman–Crippen LogP) is 8.95. The van der Waals surface area contributed by atoms with Crippen LogP contribution in [0.2, 0.25) is 0 Å². The minimum atomic E-state index is -0.909. The molecule has 0 fully saturated rings. The van der Waals surface area contributed by atoms with Gasteiger partial charge in [0.1, 0.15) is 17.8 Å². The van der Waals surface area contributed by atoms with E-state index >= 15 is 0 Å². The Morgan fingerprint density at radius 3 is 1.10 bits per heavy atom. The Kier molecular flexibility index (Phi) is 24.4. The van der Waals surface area contributed by atoms with Crippen LogP contribution in [0.3, 0.4) is 0 Å². The number of quaternary nitrogens is 1. The zero-order valence-corrected chi connectivity index (χ0v) is 27.7. The van der Waals surface area contributed by atoms with Crippen LogP contribution in [0.5, 0.6) is 0 Å². The van der Waals surface area contributed by atoms with Gasteiger partial charge in [-0.3, -0.25) is 14.4 Å². The van der Waals surface area contributed by atoms with Crippen LogP contribution in [0.25, 0.3) is 0 Å². The monoisotopic (exact) mass is 596 g/mol. The number of carboxylic acids is 3. The van der Waals surface area contributed by atoms with Crippen molar-refractivity contribution in [2.75, 3.05) is 26.2 Å². The number of hydrogen-bond acceptors (Lipinski definition) is 3. The molecule has 246 valence electrons. The van der Waals surface area contributed by atoms with E-state index < -0.39 is 35.7 Å². The SMILES string of the molecule is CCCCCCCCCCCCCCCCC/C=C/C[N+](CC(CC)C(=O)O)(CC(CC)C(=O)O)CC(CC)C(=O)O. The molecule has 0 saturated heterocycles. The fourth-order valence-corrected chi connectivity index (χ4v) is 6.04. The fraction of sp³-hybridized carbons (Fsp3) is 0.857. The Morgan fingerprint density at radius 1 is 0.500 bits per heavy atom. The Bertz CT molecular complexity index is 677. The Labute approximate surface area is 257 Å². The minimum absolute atomic E-state index is 0.176. The van der Waals surface area contributed by atoms with Crippen molar-refractivity contribution in [3.63, 3.8) is 0 Å². The van der Waals surface area contributed by atoms with Crippen molar-refractivity contribution in [1.29, 1.82) is 0 Å². The van der Waals surface area contributed by atoms with Crippen molar-refractivity contribution < 1.29 is 34.2 Å². The van der Waals surface area contributed by atoms with Gasteiger partial charge in [-0.05, 0) is 38.2 Å². The predicted molar refractivity (Wildman–Crippen MR) is 173 cm³/mol. The number of hydrogen-bond donors (Lipinski definition) is 3. The molecule has 42 heavy (non-hydrogen) atoms. The van der Waals surface area contributed by atoms with Gasteiger partial charge in [0.2, 0.25) is 0 Å². The van der Waals surface area contributed by atoms with Crippen LogP contribution in [-0.4, -0.2) is 63.9 Å². The second-order valence-corrected chi connectivity index (χ2v) is 12.6. The molecule has 3 N–H and O–H groups in total. The molecule has 7 nitrogen and oxygen atoms in total. The summed E-state index contributed by atoms with van der Waals surface area (Å²) in [4.78, 5) is 35.9. The molecule has 3 atom stereocenters. The topological polar surface area (TPSA) is 112 Å². The molecule has 0 amide bonds. The first kappa shape index (κ1) is 40.1. The molecule has 0 aliphatic heterocycles. The van der Waals surface area contributed by atoms with Crippen LogP contribution >= 0.6 is 0 Å². The van der Waals surface area contributed by atoms with E-state index in [0.29, 0.717) is 25.8 Å². The van der Waals surface area contributed by atoms with E-state index in [-0.39, 0.29) is 24.1 Å². The van der Waals surface area contributed by atoms with E-state index in [2.05, 4.69) is 13.0 Å². The van der Waals surface area contributed by atoms with Gasteiger partial charge >= 0.3 is 17.9 Å². The number of aliphatic carboxylic acids is 3. The zero-order valence-electron chi connectivity index (χ0n) is 27.7. The van der Waals surface area contributed by atoms with E-state index in [1.807, 2.05) is 26.8 Å². The first-order valence-electron chi connectivity index (χ1n) is 17.3. The van der Waals surface area contributed by atoms with Gasteiger partial charge in [-0.25, -0.2) is 0 Å². The highest BCUT2D eigenvalue weighted by Crippen LogP contribution is 2.24. The van der Waals surface area contributed by atoms with Crippen LogP contribution in [0.1, 0.15) is 150 Å². The number of rotatable bonds is 30. The summed E-state index contributed by atoms with van der Waals surface area (Å²) >= 11 is 0. The van der Waals surface area contributed by atoms with Gasteiger partial charge in [0.25, 0.3) is 0 Å². The smallest absolute Gasteiger partial charge is 0.312 e. The van der Waals surface area contributed by atoms with Gasteiger partial charge in [0, 0.05) is 0 Å². The van der Waals surface area contributed by atoms with Crippen LogP contribution < -0.4 is 0 Å². The second-order valence-electron chi connectivity index (χ2n) is 12.6. The number of carboxylic acid groups (broad SMARTS) is 3. The highest BCUT2D eigenvalue weighted by Gasteiger charge is 2.39. The Morgan fingerprint density at radius 2 is 0.810 bits per heavy atom. The quantitative estimate of drug-likeness (QED) is 0.0433. The molecule has 0 aromatic heterocycles. The lowest BCUT2D eigenvalue weighted by Gasteiger charge is -2.42. The maximum atomic E-state index is 12.0. The van der Waals surface area contributed by atoms with Crippen LogP contribution in [0.4, 0.5) is 0 Å². The lowest BCUT2D eigenvalue weighted by atomic mass is 9.96. The van der Waals surface area contributed by atoms with Gasteiger partial charge in [-0.1, -0.05) is 124 Å².